The summed E-state index contributed by atoms with van der Waals surface area (Å²) in [6.07, 6.45) is 8.92. The Balaban J connectivity index is 1.51. The smallest absolute Gasteiger partial charge is 0.228 e. The first kappa shape index (κ1) is 13.1. The molecule has 2 unspecified atom stereocenters. The summed E-state index contributed by atoms with van der Waals surface area (Å²) in [6.45, 7) is 3.95. The predicted octanol–water partition coefficient (Wildman–Crippen LogP) is 2.40. The molecular formula is C17H28N2O. The van der Waals surface area contributed by atoms with Crippen LogP contribution in [0.25, 0.3) is 0 Å². The number of rotatable bonds is 2. The maximum Gasteiger partial charge on any atom is 0.228 e. The Morgan fingerprint density at radius 1 is 1.15 bits per heavy atom. The molecule has 1 saturated heterocycles. The number of carbonyl (C=O) groups is 1. The molecule has 5 fully saturated rings. The number of likely N-dealkylation sites (tertiary alicyclic amines) is 1. The Labute approximate surface area is 122 Å². The monoisotopic (exact) mass is 276 g/mol. The molecule has 2 atom stereocenters. The molecule has 5 aliphatic rings. The molecule has 0 aromatic carbocycles. The summed E-state index contributed by atoms with van der Waals surface area (Å²) in [4.78, 5) is 15.3. The van der Waals surface area contributed by atoms with Crippen molar-refractivity contribution in [2.24, 2.45) is 34.8 Å². The van der Waals surface area contributed by atoms with Gasteiger partial charge in [0.2, 0.25) is 5.91 Å². The molecular weight excluding hydrogens is 248 g/mol. The fourth-order valence-electron chi connectivity index (χ4n) is 6.11. The van der Waals surface area contributed by atoms with Gasteiger partial charge in [-0.2, -0.15) is 0 Å². The van der Waals surface area contributed by atoms with Gasteiger partial charge in [-0.1, -0.05) is 0 Å². The molecule has 3 heteroatoms. The molecule has 0 aromatic heterocycles. The van der Waals surface area contributed by atoms with E-state index in [9.17, 15) is 4.79 Å². The molecule has 4 bridgehead atoms. The molecule has 20 heavy (non-hydrogen) atoms. The summed E-state index contributed by atoms with van der Waals surface area (Å²) in [5.41, 5.74) is 6.07. The number of hydrogen-bond donors (Lipinski definition) is 1. The lowest BCUT2D eigenvalue weighted by atomic mass is 9.49. The molecule has 4 saturated carbocycles. The second kappa shape index (κ2) is 4.46. The van der Waals surface area contributed by atoms with Crippen LogP contribution in [0, 0.1) is 29.1 Å². The Kier molecular flexibility index (Phi) is 2.93. The highest BCUT2D eigenvalue weighted by Crippen LogP contribution is 2.60. The first-order valence-corrected chi connectivity index (χ1v) is 8.61. The van der Waals surface area contributed by atoms with Crippen molar-refractivity contribution >= 4 is 5.91 Å². The van der Waals surface area contributed by atoms with E-state index in [0.717, 1.165) is 37.3 Å². The molecule has 0 radical (unpaired) electrons. The van der Waals surface area contributed by atoms with Crippen LogP contribution in [0.5, 0.6) is 0 Å². The van der Waals surface area contributed by atoms with Gasteiger partial charge in [0.25, 0.3) is 0 Å². The normalized spacial score (nSPS) is 47.8. The van der Waals surface area contributed by atoms with E-state index in [1.54, 1.807) is 0 Å². The Bertz CT molecular complexity index is 382. The second-order valence-corrected chi connectivity index (χ2v) is 8.36. The minimum atomic E-state index is 0.0431. The highest BCUT2D eigenvalue weighted by atomic mass is 16.2. The zero-order valence-electron chi connectivity index (χ0n) is 12.7. The van der Waals surface area contributed by atoms with Crippen molar-refractivity contribution in [2.45, 2.75) is 57.9 Å². The maximum atomic E-state index is 13.2. The average molecular weight is 276 g/mol. The molecule has 4 aliphatic carbocycles. The molecule has 1 aliphatic heterocycles. The largest absolute Gasteiger partial charge is 0.342 e. The lowest BCUT2D eigenvalue weighted by Gasteiger charge is -2.56. The molecule has 1 heterocycles. The molecule has 0 spiro atoms. The van der Waals surface area contributed by atoms with E-state index in [1.165, 1.54) is 38.5 Å². The van der Waals surface area contributed by atoms with E-state index in [1.807, 2.05) is 0 Å². The summed E-state index contributed by atoms with van der Waals surface area (Å²) >= 11 is 0. The average Bonchev–Trinajstić information content (AvgIpc) is 2.85. The minimum Gasteiger partial charge on any atom is -0.342 e. The van der Waals surface area contributed by atoms with Crippen molar-refractivity contribution in [3.8, 4) is 0 Å². The van der Waals surface area contributed by atoms with Crippen molar-refractivity contribution in [2.75, 3.05) is 13.1 Å². The fourth-order valence-corrected chi connectivity index (χ4v) is 6.11. The molecule has 3 nitrogen and oxygen atoms in total. The molecule has 1 amide bonds. The molecule has 0 aromatic rings. The van der Waals surface area contributed by atoms with Crippen LogP contribution in [0.2, 0.25) is 0 Å². The van der Waals surface area contributed by atoms with E-state index in [0.29, 0.717) is 11.8 Å². The van der Waals surface area contributed by atoms with Gasteiger partial charge in [0, 0.05) is 19.1 Å². The molecule has 112 valence electrons. The van der Waals surface area contributed by atoms with E-state index >= 15 is 0 Å². The van der Waals surface area contributed by atoms with Crippen molar-refractivity contribution in [3.63, 3.8) is 0 Å². The summed E-state index contributed by atoms with van der Waals surface area (Å²) in [5.74, 6) is 3.60. The van der Waals surface area contributed by atoms with Crippen LogP contribution in [0.3, 0.4) is 0 Å². The number of hydrogen-bond acceptors (Lipinski definition) is 2. The first-order chi connectivity index (χ1) is 9.56. The van der Waals surface area contributed by atoms with Gasteiger partial charge in [-0.15, -0.1) is 0 Å². The van der Waals surface area contributed by atoms with Crippen LogP contribution < -0.4 is 5.73 Å². The van der Waals surface area contributed by atoms with Gasteiger partial charge in [0.1, 0.15) is 0 Å². The Hall–Kier alpha value is -0.570. The van der Waals surface area contributed by atoms with Crippen molar-refractivity contribution in [1.29, 1.82) is 0 Å². The fraction of sp³-hybridized carbons (Fsp3) is 0.941. The van der Waals surface area contributed by atoms with Crippen LogP contribution >= 0.6 is 0 Å². The van der Waals surface area contributed by atoms with Crippen molar-refractivity contribution in [1.82, 2.24) is 4.90 Å². The molecule has 2 N–H and O–H groups in total. The van der Waals surface area contributed by atoms with Crippen LogP contribution in [-0.2, 0) is 4.79 Å². The van der Waals surface area contributed by atoms with Gasteiger partial charge in [-0.3, -0.25) is 4.79 Å². The van der Waals surface area contributed by atoms with Gasteiger partial charge < -0.3 is 10.6 Å². The van der Waals surface area contributed by atoms with Gasteiger partial charge in [-0.25, -0.2) is 0 Å². The van der Waals surface area contributed by atoms with E-state index in [-0.39, 0.29) is 11.5 Å². The highest BCUT2D eigenvalue weighted by molar-refractivity contribution is 5.83. The standard InChI is InChI=1S/C17H28N2O/c1-11(18)15-2-3-19(10-15)16(20)17-7-12-4-13(8-17)6-14(5-12)9-17/h11-15H,2-10,18H2,1H3. The van der Waals surface area contributed by atoms with E-state index < -0.39 is 0 Å². The van der Waals surface area contributed by atoms with Crippen molar-refractivity contribution in [3.05, 3.63) is 0 Å². The van der Waals surface area contributed by atoms with Gasteiger partial charge in [0.15, 0.2) is 0 Å². The third-order valence-electron chi connectivity index (χ3n) is 6.75. The zero-order valence-corrected chi connectivity index (χ0v) is 12.7. The van der Waals surface area contributed by atoms with Gasteiger partial charge in [0.05, 0.1) is 5.41 Å². The van der Waals surface area contributed by atoms with E-state index in [2.05, 4.69) is 11.8 Å². The van der Waals surface area contributed by atoms with Gasteiger partial charge in [-0.05, 0) is 75.5 Å². The first-order valence-electron chi connectivity index (χ1n) is 8.61. The highest BCUT2D eigenvalue weighted by Gasteiger charge is 2.56. The quantitative estimate of drug-likeness (QED) is 0.842. The number of nitrogens with zero attached hydrogens (tertiary/aromatic N) is 1. The SMILES string of the molecule is CC(N)C1CCN(C(=O)C23CC4CC(CC(C4)C2)C3)C1. The van der Waals surface area contributed by atoms with Crippen LogP contribution in [0.4, 0.5) is 0 Å². The van der Waals surface area contributed by atoms with Crippen LogP contribution in [0.1, 0.15) is 51.9 Å². The van der Waals surface area contributed by atoms with Crippen LogP contribution in [-0.4, -0.2) is 29.9 Å². The summed E-state index contributed by atoms with van der Waals surface area (Å²) in [6, 6.07) is 0.226. The van der Waals surface area contributed by atoms with Gasteiger partial charge >= 0.3 is 0 Å². The predicted molar refractivity (Wildman–Crippen MR) is 78.9 cm³/mol. The summed E-state index contributed by atoms with van der Waals surface area (Å²) in [7, 11) is 0. The summed E-state index contributed by atoms with van der Waals surface area (Å²) in [5, 5.41) is 0. The third kappa shape index (κ3) is 1.93. The minimum absolute atomic E-state index is 0.0431. The summed E-state index contributed by atoms with van der Waals surface area (Å²) < 4.78 is 0. The van der Waals surface area contributed by atoms with E-state index in [4.69, 9.17) is 5.73 Å². The topological polar surface area (TPSA) is 46.3 Å². The lowest BCUT2D eigenvalue weighted by molar-refractivity contribution is -0.156. The number of amides is 1. The zero-order chi connectivity index (χ0) is 13.9. The van der Waals surface area contributed by atoms with Crippen LogP contribution in [0.15, 0.2) is 0 Å². The Morgan fingerprint density at radius 2 is 1.70 bits per heavy atom. The second-order valence-electron chi connectivity index (χ2n) is 8.36. The number of carbonyl (C=O) groups excluding carboxylic acids is 1. The lowest BCUT2D eigenvalue weighted by Crippen LogP contribution is -2.54. The molecule has 5 rings (SSSR count). The number of nitrogens with two attached hydrogens (primary N) is 1. The third-order valence-corrected chi connectivity index (χ3v) is 6.75. The Morgan fingerprint density at radius 3 is 2.15 bits per heavy atom. The van der Waals surface area contributed by atoms with Crippen molar-refractivity contribution < 1.29 is 4.79 Å². The maximum absolute atomic E-state index is 13.2.